The molecule has 2 aliphatic heterocycles. The van der Waals surface area contributed by atoms with Gasteiger partial charge in [-0.15, -0.1) is 0 Å². The Labute approximate surface area is 327 Å². The van der Waals surface area contributed by atoms with Crippen LogP contribution in [0.2, 0.25) is 0 Å². The van der Waals surface area contributed by atoms with Crippen molar-refractivity contribution in [1.82, 2.24) is 0 Å². The number of amides is 1. The summed E-state index contributed by atoms with van der Waals surface area (Å²) in [7, 11) is 12.0. The fourth-order valence-corrected chi connectivity index (χ4v) is 8.57. The van der Waals surface area contributed by atoms with E-state index in [1.807, 2.05) is 43.6 Å². The molecule has 1 unspecified atom stereocenters. The van der Waals surface area contributed by atoms with Crippen LogP contribution in [0.15, 0.2) is 54.6 Å². The van der Waals surface area contributed by atoms with E-state index in [1.165, 1.54) is 33.6 Å². The number of hydrogen-bond donors (Lipinski definition) is 0. The van der Waals surface area contributed by atoms with E-state index in [0.717, 1.165) is 25.1 Å². The number of fused-ring (bicyclic) bond motifs is 1. The third kappa shape index (κ3) is 10.3. The SMILES string of the molecule is CC(C)c1cccc(C(C)C)c1N1[CH-]N(c2c(C(C)C)cccc2C(C)C)CC1.CCC1CN(C(=O)OCC(C)C)c2cccc([CH]=[Ru]([Cl])[Cl])c2O1. The van der Waals surface area contributed by atoms with Crippen molar-refractivity contribution < 1.29 is 27.8 Å². The first-order chi connectivity index (χ1) is 24.6. The molecule has 0 aromatic heterocycles. The molecule has 2 aliphatic rings. The number of rotatable bonds is 10. The Morgan fingerprint density at radius 1 is 0.808 bits per heavy atom. The van der Waals surface area contributed by atoms with Crippen LogP contribution < -0.4 is 19.4 Å². The van der Waals surface area contributed by atoms with Crippen molar-refractivity contribution in [2.45, 2.75) is 112 Å². The molecule has 0 saturated carbocycles. The van der Waals surface area contributed by atoms with Crippen molar-refractivity contribution in [2.75, 3.05) is 40.9 Å². The monoisotopic (exact) mass is 838 g/mol. The van der Waals surface area contributed by atoms with Gasteiger partial charge in [0.1, 0.15) is 0 Å². The van der Waals surface area contributed by atoms with Gasteiger partial charge < -0.3 is 9.80 Å². The summed E-state index contributed by atoms with van der Waals surface area (Å²) < 4.78 is 13.3. The van der Waals surface area contributed by atoms with Gasteiger partial charge in [-0.05, 0) is 45.9 Å². The maximum atomic E-state index is 12.5. The predicted octanol–water partition coefficient (Wildman–Crippen LogP) is 12.2. The number of anilines is 3. The van der Waals surface area contributed by atoms with Crippen LogP contribution in [0, 0.1) is 12.6 Å². The summed E-state index contributed by atoms with van der Waals surface area (Å²) in [6, 6.07) is 19.3. The summed E-state index contributed by atoms with van der Waals surface area (Å²) in [5.41, 5.74) is 10.2. The minimum absolute atomic E-state index is 0.0741. The first-order valence-corrected chi connectivity index (χ1v) is 24.3. The molecule has 6 nitrogen and oxygen atoms in total. The number of para-hydroxylation sites is 3. The summed E-state index contributed by atoms with van der Waals surface area (Å²) in [6.07, 6.45) is 0.379. The molecule has 3 aromatic rings. The molecule has 9 heteroatoms. The number of benzene rings is 3. The molecule has 0 spiro atoms. The Morgan fingerprint density at radius 2 is 1.27 bits per heavy atom. The van der Waals surface area contributed by atoms with E-state index >= 15 is 0 Å². The van der Waals surface area contributed by atoms with E-state index in [0.29, 0.717) is 54.2 Å². The van der Waals surface area contributed by atoms with E-state index in [9.17, 15) is 4.79 Å². The molecule has 5 rings (SSSR count). The number of halogens is 2. The van der Waals surface area contributed by atoms with Gasteiger partial charge in [-0.25, -0.2) is 0 Å². The van der Waals surface area contributed by atoms with E-state index in [4.69, 9.17) is 28.9 Å². The molecule has 1 atom stereocenters. The summed E-state index contributed by atoms with van der Waals surface area (Å²) in [6.45, 7) is 29.8. The molecule has 0 aliphatic carbocycles. The number of hydrogen-bond acceptors (Lipinski definition) is 5. The zero-order valence-corrected chi connectivity index (χ0v) is 36.3. The van der Waals surface area contributed by atoms with Crippen LogP contribution in [0.25, 0.3) is 0 Å². The van der Waals surface area contributed by atoms with E-state index in [2.05, 4.69) is 108 Å². The van der Waals surface area contributed by atoms with Crippen molar-refractivity contribution in [1.29, 1.82) is 0 Å². The quantitative estimate of drug-likeness (QED) is 0.150. The van der Waals surface area contributed by atoms with Crippen molar-refractivity contribution in [3.05, 3.63) is 89.1 Å². The zero-order valence-electron chi connectivity index (χ0n) is 33.0. The second-order valence-electron chi connectivity index (χ2n) is 15.4. The topological polar surface area (TPSA) is 45.2 Å². The summed E-state index contributed by atoms with van der Waals surface area (Å²) in [4.78, 5) is 19.1. The molecule has 1 amide bonds. The van der Waals surface area contributed by atoms with Gasteiger partial charge in [0.15, 0.2) is 0 Å². The zero-order chi connectivity index (χ0) is 38.3. The normalized spacial score (nSPS) is 16.0. The van der Waals surface area contributed by atoms with Gasteiger partial charge in [-0.2, -0.15) is 6.67 Å². The molecule has 1 saturated heterocycles. The van der Waals surface area contributed by atoms with Crippen LogP contribution in [0.4, 0.5) is 21.9 Å². The molecule has 1 fully saturated rings. The molecule has 0 radical (unpaired) electrons. The molecule has 0 N–H and O–H groups in total. The van der Waals surface area contributed by atoms with Crippen LogP contribution >= 0.6 is 19.4 Å². The maximum absolute atomic E-state index is 12.5. The van der Waals surface area contributed by atoms with Gasteiger partial charge in [0.25, 0.3) is 0 Å². The number of carbonyl (C=O) groups excluding carboxylic acids is 1. The fourth-order valence-electron chi connectivity index (χ4n) is 6.78. The van der Waals surface area contributed by atoms with E-state index in [-0.39, 0.29) is 12.2 Å². The van der Waals surface area contributed by atoms with E-state index < -0.39 is 13.5 Å². The van der Waals surface area contributed by atoms with Crippen LogP contribution in [0.1, 0.15) is 134 Å². The van der Waals surface area contributed by atoms with Gasteiger partial charge in [0, 0.05) is 24.5 Å². The number of nitrogens with zero attached hydrogens (tertiary/aromatic N) is 3. The van der Waals surface area contributed by atoms with Crippen molar-refractivity contribution in [3.8, 4) is 5.75 Å². The van der Waals surface area contributed by atoms with Crippen molar-refractivity contribution >= 4 is 47.1 Å². The summed E-state index contributed by atoms with van der Waals surface area (Å²) in [5, 5.41) is 0. The minimum atomic E-state index is -1.98. The average molecular weight is 839 g/mol. The van der Waals surface area contributed by atoms with Crippen LogP contribution in [-0.2, 0) is 18.3 Å². The third-order valence-electron chi connectivity index (χ3n) is 9.51. The van der Waals surface area contributed by atoms with Crippen LogP contribution in [-0.4, -0.2) is 43.0 Å². The average Bonchev–Trinajstić information content (AvgIpc) is 3.59. The van der Waals surface area contributed by atoms with Crippen LogP contribution in [0.5, 0.6) is 5.75 Å². The standard InChI is InChI=1S/C27H39N2.C16H21NO3.2ClH.Ru/c1-18(2)22-11-9-12-23(19(3)4)26(22)28-15-16-29(17-28)27-24(20(5)6)13-10-14-25(27)21(7)8;1-5-13-9-17(16(18)19-10-11(2)3)14-8-6-7-12(4)15(14)20-13;;;/h9-14,17-21H,15-16H2,1-8H3;4,6-8,11,13H,5,9-10H2,1-3H3;2*1H;/q-1;;;;+2/p-2. The van der Waals surface area contributed by atoms with Gasteiger partial charge in [-0.1, -0.05) is 91.8 Å². The predicted molar refractivity (Wildman–Crippen MR) is 220 cm³/mol. The molecule has 0 bridgehead atoms. The second-order valence-corrected chi connectivity index (χ2v) is 21.1. The number of carbonyl (C=O) groups is 1. The Bertz CT molecular complexity index is 1560. The van der Waals surface area contributed by atoms with Gasteiger partial charge in [0.05, 0.1) is 0 Å². The van der Waals surface area contributed by atoms with Gasteiger partial charge in [-0.3, -0.25) is 0 Å². The van der Waals surface area contributed by atoms with Crippen molar-refractivity contribution in [2.24, 2.45) is 5.92 Å². The fraction of sp³-hybridized carbons (Fsp3) is 0.512. The molecule has 3 aromatic carbocycles. The first-order valence-electron chi connectivity index (χ1n) is 18.8. The summed E-state index contributed by atoms with van der Waals surface area (Å²) in [5.74, 6) is 3.01. The number of ether oxygens (including phenoxy) is 2. The first kappa shape index (κ1) is 42.1. The second kappa shape index (κ2) is 19.1. The molecule has 288 valence electrons. The Hall–Kier alpha value is -2.60. The van der Waals surface area contributed by atoms with Crippen molar-refractivity contribution in [3.63, 3.8) is 0 Å². The van der Waals surface area contributed by atoms with Gasteiger partial charge >= 0.3 is 150 Å². The Morgan fingerprint density at radius 3 is 1.67 bits per heavy atom. The molecule has 2 heterocycles. The Kier molecular flexibility index (Phi) is 15.5. The van der Waals surface area contributed by atoms with Gasteiger partial charge in [0.2, 0.25) is 0 Å². The Balaban J connectivity index is 0.000000239. The molecule has 52 heavy (non-hydrogen) atoms. The van der Waals surface area contributed by atoms with Crippen LogP contribution in [0.3, 0.4) is 0 Å². The summed E-state index contributed by atoms with van der Waals surface area (Å²) >= 11 is -1.98. The van der Waals surface area contributed by atoms with E-state index in [1.54, 1.807) is 4.90 Å². The molecular weight excluding hydrogens is 778 g/mol. The molecular formula is C43H60Cl2N3O3Ru-. The third-order valence-corrected chi connectivity index (χ3v) is 11.3.